The van der Waals surface area contributed by atoms with Crippen molar-refractivity contribution in [2.75, 3.05) is 18.1 Å². The van der Waals surface area contributed by atoms with Crippen molar-refractivity contribution in [1.82, 2.24) is 9.97 Å². The molecule has 1 aromatic carbocycles. The van der Waals surface area contributed by atoms with E-state index < -0.39 is 0 Å². The minimum atomic E-state index is -0.263. The highest BCUT2D eigenvalue weighted by atomic mass is 16.5. The Balaban J connectivity index is 1.94. The van der Waals surface area contributed by atoms with Crippen LogP contribution < -0.4 is 21.8 Å². The molecule has 0 aliphatic rings. The topological polar surface area (TPSA) is 107 Å². The third kappa shape index (κ3) is 3.24. The maximum Gasteiger partial charge on any atom is 0.252 e. The van der Waals surface area contributed by atoms with Gasteiger partial charge in [-0.05, 0) is 12.1 Å². The lowest BCUT2D eigenvalue weighted by atomic mass is 10.3. The number of aromatic nitrogens is 2. The fraction of sp³-hybridized carbons (Fsp3) is 0.167. The zero-order valence-electron chi connectivity index (χ0n) is 9.72. The Morgan fingerprint density at radius 1 is 1.28 bits per heavy atom. The Kier molecular flexibility index (Phi) is 3.47. The Morgan fingerprint density at radius 2 is 2.11 bits per heavy atom. The molecule has 6 heteroatoms. The molecule has 0 radical (unpaired) electrons. The van der Waals surface area contributed by atoms with E-state index in [1.807, 2.05) is 12.1 Å². The summed E-state index contributed by atoms with van der Waals surface area (Å²) in [5.41, 5.74) is 11.5. The Hall–Kier alpha value is -2.50. The van der Waals surface area contributed by atoms with Crippen LogP contribution in [0, 0.1) is 0 Å². The summed E-state index contributed by atoms with van der Waals surface area (Å²) < 4.78 is 5.49. The number of ether oxygens (including phenoxy) is 1. The molecule has 94 valence electrons. The van der Waals surface area contributed by atoms with Gasteiger partial charge in [-0.1, -0.05) is 6.07 Å². The second kappa shape index (κ2) is 5.22. The summed E-state index contributed by atoms with van der Waals surface area (Å²) in [7, 11) is 0. The lowest BCUT2D eigenvalue weighted by Gasteiger charge is -2.06. The van der Waals surface area contributed by atoms with Gasteiger partial charge in [-0.15, -0.1) is 0 Å². The van der Waals surface area contributed by atoms with Crippen LogP contribution in [0.5, 0.6) is 5.75 Å². The van der Waals surface area contributed by atoms with Gasteiger partial charge in [0.1, 0.15) is 17.4 Å². The number of nitrogen functional groups attached to an aromatic ring is 2. The number of anilines is 2. The first-order valence-corrected chi connectivity index (χ1v) is 5.47. The highest BCUT2D eigenvalue weighted by Crippen LogP contribution is 2.14. The van der Waals surface area contributed by atoms with E-state index in [9.17, 15) is 4.79 Å². The molecule has 0 fully saturated rings. The third-order valence-electron chi connectivity index (χ3n) is 2.28. The third-order valence-corrected chi connectivity index (χ3v) is 2.28. The summed E-state index contributed by atoms with van der Waals surface area (Å²) in [5.74, 6) is 1.39. The van der Waals surface area contributed by atoms with Crippen molar-refractivity contribution in [2.24, 2.45) is 0 Å². The fourth-order valence-electron chi connectivity index (χ4n) is 1.52. The first-order chi connectivity index (χ1) is 8.63. The lowest BCUT2D eigenvalue weighted by Crippen LogP contribution is -2.14. The smallest absolute Gasteiger partial charge is 0.252 e. The van der Waals surface area contributed by atoms with Crippen LogP contribution in [-0.2, 0) is 6.42 Å². The van der Waals surface area contributed by atoms with Crippen molar-refractivity contribution in [3.8, 4) is 5.75 Å². The molecule has 0 bridgehead atoms. The zero-order valence-corrected chi connectivity index (χ0v) is 9.72. The monoisotopic (exact) mass is 246 g/mol. The van der Waals surface area contributed by atoms with Gasteiger partial charge >= 0.3 is 0 Å². The number of aromatic amines is 1. The highest BCUT2D eigenvalue weighted by molar-refractivity contribution is 5.43. The normalized spacial score (nSPS) is 10.2. The van der Waals surface area contributed by atoms with Gasteiger partial charge in [0, 0.05) is 24.2 Å². The Morgan fingerprint density at radius 3 is 2.83 bits per heavy atom. The summed E-state index contributed by atoms with van der Waals surface area (Å²) >= 11 is 0. The van der Waals surface area contributed by atoms with Gasteiger partial charge in [-0.2, -0.15) is 0 Å². The van der Waals surface area contributed by atoms with Crippen molar-refractivity contribution in [2.45, 2.75) is 6.42 Å². The van der Waals surface area contributed by atoms with Gasteiger partial charge in [0.25, 0.3) is 5.56 Å². The molecular weight excluding hydrogens is 232 g/mol. The van der Waals surface area contributed by atoms with Gasteiger partial charge in [-0.3, -0.25) is 4.79 Å². The van der Waals surface area contributed by atoms with Gasteiger partial charge in [-0.25, -0.2) is 4.98 Å². The quantitative estimate of drug-likeness (QED) is 0.683. The fourth-order valence-corrected chi connectivity index (χ4v) is 1.52. The Labute approximate surface area is 104 Å². The van der Waals surface area contributed by atoms with Crippen LogP contribution >= 0.6 is 0 Å². The molecule has 0 amide bonds. The minimum absolute atomic E-state index is 0.206. The van der Waals surface area contributed by atoms with E-state index in [-0.39, 0.29) is 11.4 Å². The average Bonchev–Trinajstić information content (AvgIpc) is 2.27. The van der Waals surface area contributed by atoms with E-state index in [4.69, 9.17) is 16.2 Å². The zero-order chi connectivity index (χ0) is 13.0. The molecule has 0 atom stereocenters. The number of benzene rings is 1. The van der Waals surface area contributed by atoms with Crippen molar-refractivity contribution >= 4 is 11.5 Å². The first-order valence-electron chi connectivity index (χ1n) is 5.47. The minimum Gasteiger partial charge on any atom is -0.493 e. The first kappa shape index (κ1) is 12.0. The largest absolute Gasteiger partial charge is 0.493 e. The lowest BCUT2D eigenvalue weighted by molar-refractivity contribution is 0.319. The molecule has 0 aliphatic carbocycles. The van der Waals surface area contributed by atoms with Crippen LogP contribution in [0.2, 0.25) is 0 Å². The number of nitrogens with one attached hydrogen (secondary N) is 1. The summed E-state index contributed by atoms with van der Waals surface area (Å²) in [4.78, 5) is 17.8. The van der Waals surface area contributed by atoms with Crippen LogP contribution in [0.25, 0.3) is 0 Å². The van der Waals surface area contributed by atoms with Crippen LogP contribution in [0.4, 0.5) is 11.5 Å². The van der Waals surface area contributed by atoms with Crippen LogP contribution in [0.3, 0.4) is 0 Å². The number of nitrogens with zero attached hydrogens (tertiary/aromatic N) is 1. The molecule has 0 saturated carbocycles. The standard InChI is InChI=1S/C12H14N4O2/c13-8-2-1-3-9(6-8)18-5-4-11-15-10(14)7-12(17)16-11/h1-3,6-7H,4-5,13H2,(H3,14,15,16,17). The van der Waals surface area contributed by atoms with Crippen molar-refractivity contribution in [3.63, 3.8) is 0 Å². The number of hydrogen-bond donors (Lipinski definition) is 3. The van der Waals surface area contributed by atoms with Crippen LogP contribution in [-0.4, -0.2) is 16.6 Å². The molecule has 1 heterocycles. The molecule has 18 heavy (non-hydrogen) atoms. The van der Waals surface area contributed by atoms with E-state index in [2.05, 4.69) is 9.97 Å². The summed E-state index contributed by atoms with van der Waals surface area (Å²) in [6.45, 7) is 0.385. The van der Waals surface area contributed by atoms with E-state index in [0.717, 1.165) is 0 Å². The molecule has 2 aromatic rings. The predicted octanol–water partition coefficient (Wildman–Crippen LogP) is 0.556. The van der Waals surface area contributed by atoms with Crippen LogP contribution in [0.1, 0.15) is 5.82 Å². The molecule has 0 saturated heterocycles. The molecule has 2 rings (SSSR count). The summed E-state index contributed by atoms with van der Waals surface area (Å²) in [6.07, 6.45) is 0.467. The van der Waals surface area contributed by atoms with E-state index in [0.29, 0.717) is 30.3 Å². The van der Waals surface area contributed by atoms with E-state index in [1.54, 1.807) is 12.1 Å². The average molecular weight is 246 g/mol. The molecule has 0 aliphatic heterocycles. The maximum absolute atomic E-state index is 11.2. The van der Waals surface area contributed by atoms with Gasteiger partial charge < -0.3 is 21.2 Å². The number of H-pyrrole nitrogens is 1. The molecule has 0 spiro atoms. The molecular formula is C12H14N4O2. The second-order valence-electron chi connectivity index (χ2n) is 3.79. The highest BCUT2D eigenvalue weighted by Gasteiger charge is 2.00. The Bertz CT molecular complexity index is 595. The molecule has 1 aromatic heterocycles. The molecule has 6 nitrogen and oxygen atoms in total. The predicted molar refractivity (Wildman–Crippen MR) is 69.3 cm³/mol. The van der Waals surface area contributed by atoms with Crippen molar-refractivity contribution in [3.05, 3.63) is 46.5 Å². The van der Waals surface area contributed by atoms with E-state index in [1.165, 1.54) is 6.07 Å². The van der Waals surface area contributed by atoms with Crippen LogP contribution in [0.15, 0.2) is 35.1 Å². The van der Waals surface area contributed by atoms with Gasteiger partial charge in [0.05, 0.1) is 6.61 Å². The number of nitrogens with two attached hydrogens (primary N) is 2. The van der Waals surface area contributed by atoms with Gasteiger partial charge in [0.2, 0.25) is 0 Å². The number of hydrogen-bond acceptors (Lipinski definition) is 5. The SMILES string of the molecule is Nc1cccc(OCCc2nc(N)cc(=O)[nH]2)c1. The molecule has 5 N–H and O–H groups in total. The second-order valence-corrected chi connectivity index (χ2v) is 3.79. The maximum atomic E-state index is 11.2. The molecule has 0 unspecified atom stereocenters. The van der Waals surface area contributed by atoms with E-state index >= 15 is 0 Å². The van der Waals surface area contributed by atoms with Gasteiger partial charge in [0.15, 0.2) is 0 Å². The van der Waals surface area contributed by atoms with Crippen molar-refractivity contribution in [1.29, 1.82) is 0 Å². The summed E-state index contributed by atoms with van der Waals surface area (Å²) in [5, 5.41) is 0. The summed E-state index contributed by atoms with van der Waals surface area (Å²) in [6, 6.07) is 8.37. The number of rotatable bonds is 4. The van der Waals surface area contributed by atoms with Crippen molar-refractivity contribution < 1.29 is 4.74 Å².